The summed E-state index contributed by atoms with van der Waals surface area (Å²) in [6, 6.07) is 9.16. The summed E-state index contributed by atoms with van der Waals surface area (Å²) in [5.74, 6) is -1.06. The molecule has 0 spiro atoms. The molecule has 0 bridgehead atoms. The number of nitrogens with one attached hydrogen (secondary N) is 2. The van der Waals surface area contributed by atoms with Crippen LogP contribution >= 0.6 is 0 Å². The van der Waals surface area contributed by atoms with E-state index in [9.17, 15) is 14.4 Å². The molecule has 1 aromatic carbocycles. The van der Waals surface area contributed by atoms with Crippen molar-refractivity contribution in [3.63, 3.8) is 0 Å². The van der Waals surface area contributed by atoms with Crippen LogP contribution in [0.25, 0.3) is 0 Å². The maximum atomic E-state index is 11.6. The third-order valence-electron chi connectivity index (χ3n) is 3.20. The molecule has 21 heavy (non-hydrogen) atoms. The first-order chi connectivity index (χ1) is 10.1. The molecule has 112 valence electrons. The van der Waals surface area contributed by atoms with Crippen LogP contribution in [0.15, 0.2) is 30.3 Å². The predicted molar refractivity (Wildman–Crippen MR) is 75.3 cm³/mol. The Labute approximate surface area is 122 Å². The topological polar surface area (TPSA) is 84.5 Å². The monoisotopic (exact) mass is 290 g/mol. The second kappa shape index (κ2) is 7.42. The summed E-state index contributed by atoms with van der Waals surface area (Å²) in [4.78, 5) is 34.1. The number of amides is 2. The Morgan fingerprint density at radius 2 is 2.05 bits per heavy atom. The van der Waals surface area contributed by atoms with E-state index in [0.29, 0.717) is 19.4 Å². The van der Waals surface area contributed by atoms with Crippen LogP contribution in [-0.4, -0.2) is 37.0 Å². The molecule has 0 aliphatic carbocycles. The lowest BCUT2D eigenvalue weighted by atomic mass is 10.1. The average Bonchev–Trinajstić information content (AvgIpc) is 2.92. The molecule has 6 nitrogen and oxygen atoms in total. The quantitative estimate of drug-likeness (QED) is 0.731. The minimum Gasteiger partial charge on any atom is -0.454 e. The Morgan fingerprint density at radius 1 is 1.29 bits per heavy atom. The summed E-state index contributed by atoms with van der Waals surface area (Å²) >= 11 is 0. The fourth-order valence-electron chi connectivity index (χ4n) is 2.07. The van der Waals surface area contributed by atoms with E-state index in [0.717, 1.165) is 12.0 Å². The van der Waals surface area contributed by atoms with Gasteiger partial charge in [-0.3, -0.25) is 9.59 Å². The number of benzene rings is 1. The first-order valence-corrected chi connectivity index (χ1v) is 6.92. The van der Waals surface area contributed by atoms with Crippen LogP contribution in [0.4, 0.5) is 0 Å². The molecule has 0 radical (unpaired) electrons. The average molecular weight is 290 g/mol. The molecule has 2 rings (SSSR count). The highest BCUT2D eigenvalue weighted by Crippen LogP contribution is 2.07. The van der Waals surface area contributed by atoms with Crippen LogP contribution in [0.1, 0.15) is 18.4 Å². The molecule has 0 aromatic heterocycles. The van der Waals surface area contributed by atoms with E-state index in [2.05, 4.69) is 10.6 Å². The van der Waals surface area contributed by atoms with Gasteiger partial charge in [-0.2, -0.15) is 0 Å². The number of carbonyl (C=O) groups is 3. The minimum absolute atomic E-state index is 0.163. The van der Waals surface area contributed by atoms with Crippen molar-refractivity contribution in [1.82, 2.24) is 10.6 Å². The number of hydrogen-bond acceptors (Lipinski definition) is 4. The van der Waals surface area contributed by atoms with Crippen molar-refractivity contribution >= 4 is 17.8 Å². The highest BCUT2D eigenvalue weighted by molar-refractivity contribution is 5.89. The lowest BCUT2D eigenvalue weighted by molar-refractivity contribution is -0.150. The zero-order valence-corrected chi connectivity index (χ0v) is 11.6. The molecule has 1 fully saturated rings. The third-order valence-corrected chi connectivity index (χ3v) is 3.20. The van der Waals surface area contributed by atoms with Crippen molar-refractivity contribution in [2.75, 3.05) is 13.2 Å². The molecule has 1 aromatic rings. The number of ether oxygens (including phenoxy) is 1. The lowest BCUT2D eigenvalue weighted by Gasteiger charge is -2.10. The first kappa shape index (κ1) is 15.0. The fraction of sp³-hybridized carbons (Fsp3) is 0.400. The van der Waals surface area contributed by atoms with Crippen LogP contribution in [0.3, 0.4) is 0 Å². The molecule has 1 aliphatic heterocycles. The summed E-state index contributed by atoms with van der Waals surface area (Å²) in [5, 5.41) is 5.18. The van der Waals surface area contributed by atoms with Gasteiger partial charge < -0.3 is 15.4 Å². The third kappa shape index (κ3) is 4.91. The molecule has 1 heterocycles. The molecule has 2 N–H and O–H groups in total. The van der Waals surface area contributed by atoms with Gasteiger partial charge in [0.05, 0.1) is 0 Å². The van der Waals surface area contributed by atoms with Gasteiger partial charge >= 0.3 is 5.97 Å². The highest BCUT2D eigenvalue weighted by Gasteiger charge is 2.28. The van der Waals surface area contributed by atoms with E-state index in [1.807, 2.05) is 30.3 Å². The van der Waals surface area contributed by atoms with Gasteiger partial charge in [0, 0.05) is 13.0 Å². The Balaban J connectivity index is 1.61. The van der Waals surface area contributed by atoms with Gasteiger partial charge in [0.25, 0.3) is 5.91 Å². The second-order valence-electron chi connectivity index (χ2n) is 4.85. The van der Waals surface area contributed by atoms with Crippen LogP contribution < -0.4 is 10.6 Å². The van der Waals surface area contributed by atoms with Gasteiger partial charge in [-0.15, -0.1) is 0 Å². The van der Waals surface area contributed by atoms with E-state index < -0.39 is 12.0 Å². The van der Waals surface area contributed by atoms with E-state index in [4.69, 9.17) is 4.74 Å². The lowest BCUT2D eigenvalue weighted by Crippen LogP contribution is -2.37. The molecule has 1 atom stereocenters. The van der Waals surface area contributed by atoms with Gasteiger partial charge in [0.2, 0.25) is 5.91 Å². The maximum Gasteiger partial charge on any atom is 0.329 e. The maximum absolute atomic E-state index is 11.6. The van der Waals surface area contributed by atoms with E-state index in [1.165, 1.54) is 0 Å². The van der Waals surface area contributed by atoms with Crippen LogP contribution in [0.2, 0.25) is 0 Å². The van der Waals surface area contributed by atoms with E-state index in [-0.39, 0.29) is 18.4 Å². The summed E-state index contributed by atoms with van der Waals surface area (Å²) in [7, 11) is 0. The van der Waals surface area contributed by atoms with E-state index >= 15 is 0 Å². The van der Waals surface area contributed by atoms with Crippen molar-refractivity contribution in [2.45, 2.75) is 25.3 Å². The zero-order valence-electron chi connectivity index (χ0n) is 11.6. The molecule has 1 aliphatic rings. The summed E-state index contributed by atoms with van der Waals surface area (Å²) in [5.41, 5.74) is 1.13. The smallest absolute Gasteiger partial charge is 0.329 e. The summed E-state index contributed by atoms with van der Waals surface area (Å²) in [6.45, 7) is 0.167. The second-order valence-corrected chi connectivity index (χ2v) is 4.85. The van der Waals surface area contributed by atoms with Crippen LogP contribution in [0.5, 0.6) is 0 Å². The molecule has 1 saturated heterocycles. The van der Waals surface area contributed by atoms with Crippen molar-refractivity contribution in [3.05, 3.63) is 35.9 Å². The van der Waals surface area contributed by atoms with Crippen molar-refractivity contribution in [1.29, 1.82) is 0 Å². The number of esters is 1. The van der Waals surface area contributed by atoms with Crippen molar-refractivity contribution in [2.24, 2.45) is 0 Å². The fourth-order valence-corrected chi connectivity index (χ4v) is 2.07. The Morgan fingerprint density at radius 3 is 2.71 bits per heavy atom. The SMILES string of the molecule is O=C(COC(=O)[C@H]1CCC(=O)N1)NCCc1ccccc1. The number of carbonyl (C=O) groups excluding carboxylic acids is 3. The number of hydrogen-bond donors (Lipinski definition) is 2. The zero-order chi connectivity index (χ0) is 15.1. The van der Waals surface area contributed by atoms with Gasteiger partial charge in [0.1, 0.15) is 6.04 Å². The summed E-state index contributed by atoms with van der Waals surface area (Å²) < 4.78 is 4.87. The largest absolute Gasteiger partial charge is 0.454 e. The normalized spacial score (nSPS) is 17.1. The van der Waals surface area contributed by atoms with Gasteiger partial charge in [-0.1, -0.05) is 30.3 Å². The van der Waals surface area contributed by atoms with Crippen LogP contribution in [-0.2, 0) is 25.5 Å². The molecule has 2 amide bonds. The van der Waals surface area contributed by atoms with Crippen LogP contribution in [0, 0.1) is 0 Å². The number of rotatable bonds is 6. The standard InChI is InChI=1S/C15H18N2O4/c18-13-7-6-12(17-13)15(20)21-10-14(19)16-9-8-11-4-2-1-3-5-11/h1-5,12H,6-10H2,(H,16,19)(H,17,18)/t12-/m1/s1. The van der Waals surface area contributed by atoms with Crippen molar-refractivity contribution < 1.29 is 19.1 Å². The van der Waals surface area contributed by atoms with Gasteiger partial charge in [-0.25, -0.2) is 4.79 Å². The molecule has 0 unspecified atom stereocenters. The van der Waals surface area contributed by atoms with Gasteiger partial charge in [-0.05, 0) is 18.4 Å². The Bertz CT molecular complexity index is 516. The first-order valence-electron chi connectivity index (χ1n) is 6.92. The van der Waals surface area contributed by atoms with Gasteiger partial charge in [0.15, 0.2) is 6.61 Å². The Kier molecular flexibility index (Phi) is 5.31. The molecular formula is C15H18N2O4. The summed E-state index contributed by atoms with van der Waals surface area (Å²) in [6.07, 6.45) is 1.47. The highest BCUT2D eigenvalue weighted by atomic mass is 16.5. The predicted octanol–water partition coefficient (Wildman–Crippen LogP) is 0.167. The van der Waals surface area contributed by atoms with E-state index in [1.54, 1.807) is 0 Å². The Hall–Kier alpha value is -2.37. The molecule has 0 saturated carbocycles. The van der Waals surface area contributed by atoms with Crippen molar-refractivity contribution in [3.8, 4) is 0 Å². The molecular weight excluding hydrogens is 272 g/mol. The minimum atomic E-state index is -0.616. The molecule has 6 heteroatoms.